The Balaban J connectivity index is 2.19. The van der Waals surface area contributed by atoms with Crippen molar-refractivity contribution in [1.29, 1.82) is 0 Å². The van der Waals surface area contributed by atoms with Gasteiger partial charge in [-0.3, -0.25) is 4.79 Å². The molecule has 0 spiro atoms. The fourth-order valence-electron chi connectivity index (χ4n) is 2.25. The fraction of sp³-hybridized carbons (Fsp3) is 0.235. The van der Waals surface area contributed by atoms with E-state index < -0.39 is 0 Å². The zero-order valence-corrected chi connectivity index (χ0v) is 14.6. The summed E-state index contributed by atoms with van der Waals surface area (Å²) in [4.78, 5) is 14.2. The molecule has 4 heteroatoms. The molecule has 2 rings (SSSR count). The molecule has 110 valence electrons. The van der Waals surface area contributed by atoms with Gasteiger partial charge in [0, 0.05) is 28.7 Å². The van der Waals surface area contributed by atoms with Crippen molar-refractivity contribution in [2.75, 3.05) is 7.05 Å². The van der Waals surface area contributed by atoms with Crippen LogP contribution in [0.4, 0.5) is 0 Å². The monoisotopic (exact) mass is 365 g/mol. The molecule has 0 N–H and O–H groups in total. The number of nitrogens with zero attached hydrogens (tertiary/aromatic N) is 1. The van der Waals surface area contributed by atoms with Crippen molar-refractivity contribution in [2.45, 2.75) is 20.4 Å². The highest BCUT2D eigenvalue weighted by Crippen LogP contribution is 2.21. The summed E-state index contributed by atoms with van der Waals surface area (Å²) in [6.07, 6.45) is 0. The first-order chi connectivity index (χ1) is 9.86. The lowest BCUT2D eigenvalue weighted by Gasteiger charge is -2.19. The second-order valence-electron chi connectivity index (χ2n) is 5.25. The molecule has 0 saturated heterocycles. The van der Waals surface area contributed by atoms with Gasteiger partial charge in [0.1, 0.15) is 0 Å². The van der Waals surface area contributed by atoms with Gasteiger partial charge in [0.25, 0.3) is 5.91 Å². The average Bonchev–Trinajstić information content (AvgIpc) is 2.40. The summed E-state index contributed by atoms with van der Waals surface area (Å²) in [5, 5.41) is 0.549. The van der Waals surface area contributed by atoms with Gasteiger partial charge in [0.05, 0.1) is 0 Å². The van der Waals surface area contributed by atoms with Gasteiger partial charge in [0.15, 0.2) is 0 Å². The molecule has 0 fully saturated rings. The maximum Gasteiger partial charge on any atom is 0.253 e. The third-order valence-corrected chi connectivity index (χ3v) is 4.04. The zero-order chi connectivity index (χ0) is 15.6. The van der Waals surface area contributed by atoms with Crippen LogP contribution < -0.4 is 0 Å². The molecule has 0 bridgehead atoms. The van der Waals surface area contributed by atoms with E-state index in [0.29, 0.717) is 17.1 Å². The summed E-state index contributed by atoms with van der Waals surface area (Å²) < 4.78 is 0.804. The van der Waals surface area contributed by atoms with E-state index in [4.69, 9.17) is 11.6 Å². The van der Waals surface area contributed by atoms with Crippen LogP contribution in [-0.4, -0.2) is 17.9 Å². The van der Waals surface area contributed by atoms with E-state index in [-0.39, 0.29) is 5.91 Å². The summed E-state index contributed by atoms with van der Waals surface area (Å²) in [5.41, 5.74) is 4.16. The van der Waals surface area contributed by atoms with Crippen molar-refractivity contribution < 1.29 is 4.79 Å². The highest BCUT2D eigenvalue weighted by molar-refractivity contribution is 9.10. The highest BCUT2D eigenvalue weighted by Gasteiger charge is 2.14. The van der Waals surface area contributed by atoms with Crippen molar-refractivity contribution in [3.05, 3.63) is 68.1 Å². The predicted molar refractivity (Wildman–Crippen MR) is 90.9 cm³/mol. The van der Waals surface area contributed by atoms with E-state index in [1.807, 2.05) is 0 Å². The van der Waals surface area contributed by atoms with E-state index in [1.165, 1.54) is 11.1 Å². The molecule has 0 aromatic heterocycles. The number of hydrogen-bond acceptors (Lipinski definition) is 1. The van der Waals surface area contributed by atoms with Crippen LogP contribution in [0.15, 0.2) is 40.9 Å². The molecular formula is C17H17BrClNO. The number of hydrogen-bond donors (Lipinski definition) is 0. The molecule has 0 aliphatic carbocycles. The van der Waals surface area contributed by atoms with Crippen LogP contribution in [-0.2, 0) is 6.54 Å². The van der Waals surface area contributed by atoms with Crippen molar-refractivity contribution >= 4 is 33.4 Å². The number of benzene rings is 2. The minimum atomic E-state index is -0.0434. The first kappa shape index (κ1) is 16.1. The minimum absolute atomic E-state index is 0.0434. The molecule has 0 unspecified atom stereocenters. The number of rotatable bonds is 3. The van der Waals surface area contributed by atoms with Gasteiger partial charge in [-0.2, -0.15) is 0 Å². The second kappa shape index (κ2) is 6.63. The molecule has 2 aromatic rings. The lowest BCUT2D eigenvalue weighted by Crippen LogP contribution is -2.26. The highest BCUT2D eigenvalue weighted by atomic mass is 79.9. The first-order valence-electron chi connectivity index (χ1n) is 6.64. The Morgan fingerprint density at radius 1 is 1.19 bits per heavy atom. The van der Waals surface area contributed by atoms with Gasteiger partial charge >= 0.3 is 0 Å². The van der Waals surface area contributed by atoms with Gasteiger partial charge in [-0.25, -0.2) is 0 Å². The topological polar surface area (TPSA) is 20.3 Å². The largest absolute Gasteiger partial charge is 0.337 e. The fourth-order valence-corrected chi connectivity index (χ4v) is 3.11. The van der Waals surface area contributed by atoms with Gasteiger partial charge in [-0.15, -0.1) is 0 Å². The molecule has 1 amide bonds. The summed E-state index contributed by atoms with van der Waals surface area (Å²) in [6, 6.07) is 11.5. The Morgan fingerprint density at radius 2 is 1.90 bits per heavy atom. The number of aryl methyl sites for hydroxylation is 2. The lowest BCUT2D eigenvalue weighted by molar-refractivity contribution is 0.0785. The summed E-state index contributed by atoms with van der Waals surface area (Å²) in [7, 11) is 1.80. The van der Waals surface area contributed by atoms with Crippen LogP contribution >= 0.6 is 27.5 Å². The van der Waals surface area contributed by atoms with Crippen molar-refractivity contribution in [2.24, 2.45) is 0 Å². The normalized spacial score (nSPS) is 10.5. The molecule has 0 aliphatic rings. The minimum Gasteiger partial charge on any atom is -0.337 e. The number of carbonyl (C=O) groups is 1. The van der Waals surface area contributed by atoms with Crippen LogP contribution in [0.3, 0.4) is 0 Å². The molecule has 2 nitrogen and oxygen atoms in total. The SMILES string of the molecule is Cc1ccc(CN(C)C(=O)c2cc(Cl)cc(Br)c2)c(C)c1. The first-order valence-corrected chi connectivity index (χ1v) is 7.81. The molecule has 2 aromatic carbocycles. The maximum atomic E-state index is 12.5. The van der Waals surface area contributed by atoms with Gasteiger partial charge < -0.3 is 4.90 Å². The Kier molecular flexibility index (Phi) is 5.07. The Bertz CT molecular complexity index is 664. The molecule has 0 atom stereocenters. The van der Waals surface area contributed by atoms with E-state index in [1.54, 1.807) is 30.1 Å². The van der Waals surface area contributed by atoms with E-state index in [9.17, 15) is 4.79 Å². The Hall–Kier alpha value is -1.32. The molecular weight excluding hydrogens is 350 g/mol. The van der Waals surface area contributed by atoms with Gasteiger partial charge in [-0.1, -0.05) is 51.3 Å². The van der Waals surface area contributed by atoms with Crippen molar-refractivity contribution in [3.8, 4) is 0 Å². The zero-order valence-electron chi connectivity index (χ0n) is 12.3. The Labute approximate surface area is 138 Å². The molecule has 0 saturated carbocycles. The van der Waals surface area contributed by atoms with Crippen LogP contribution in [0, 0.1) is 13.8 Å². The van der Waals surface area contributed by atoms with Crippen molar-refractivity contribution in [1.82, 2.24) is 4.90 Å². The number of halogens is 2. The number of carbonyl (C=O) groups excluding carboxylic acids is 1. The lowest BCUT2D eigenvalue weighted by atomic mass is 10.1. The summed E-state index contributed by atoms with van der Waals surface area (Å²) in [6.45, 7) is 4.71. The summed E-state index contributed by atoms with van der Waals surface area (Å²) in [5.74, 6) is -0.0434. The predicted octanol–water partition coefficient (Wildman–Crippen LogP) is 4.99. The van der Waals surface area contributed by atoms with Gasteiger partial charge in [-0.05, 0) is 43.2 Å². The van der Waals surface area contributed by atoms with Crippen molar-refractivity contribution in [3.63, 3.8) is 0 Å². The number of amides is 1. The van der Waals surface area contributed by atoms with E-state index >= 15 is 0 Å². The van der Waals surface area contributed by atoms with E-state index in [2.05, 4.69) is 48.0 Å². The second-order valence-corrected chi connectivity index (χ2v) is 6.60. The average molecular weight is 367 g/mol. The quantitative estimate of drug-likeness (QED) is 0.749. The standard InChI is InChI=1S/C17H17BrClNO/c1-11-4-5-13(12(2)6-11)10-20(3)17(21)14-7-15(18)9-16(19)8-14/h4-9H,10H2,1-3H3. The summed E-state index contributed by atoms with van der Waals surface area (Å²) >= 11 is 9.36. The van der Waals surface area contributed by atoms with Gasteiger partial charge in [0.2, 0.25) is 0 Å². The van der Waals surface area contributed by atoms with Crippen LogP contribution in [0.2, 0.25) is 5.02 Å². The molecule has 0 aliphatic heterocycles. The Morgan fingerprint density at radius 3 is 2.52 bits per heavy atom. The molecule has 21 heavy (non-hydrogen) atoms. The third-order valence-electron chi connectivity index (χ3n) is 3.36. The maximum absolute atomic E-state index is 12.5. The van der Waals surface area contributed by atoms with Crippen LogP contribution in [0.1, 0.15) is 27.0 Å². The third kappa shape index (κ3) is 4.08. The smallest absolute Gasteiger partial charge is 0.253 e. The van der Waals surface area contributed by atoms with Crippen LogP contribution in [0.5, 0.6) is 0 Å². The van der Waals surface area contributed by atoms with E-state index in [0.717, 1.165) is 10.0 Å². The molecule has 0 radical (unpaired) electrons. The molecule has 0 heterocycles. The van der Waals surface area contributed by atoms with Crippen LogP contribution in [0.25, 0.3) is 0 Å².